The molecule has 0 aliphatic heterocycles. The zero-order valence-electron chi connectivity index (χ0n) is 20.2. The predicted octanol–water partition coefficient (Wildman–Crippen LogP) is 5.16. The van der Waals surface area contributed by atoms with Gasteiger partial charge in [0.2, 0.25) is 11.7 Å². The summed E-state index contributed by atoms with van der Waals surface area (Å²) >= 11 is 12.7. The summed E-state index contributed by atoms with van der Waals surface area (Å²) in [6, 6.07) is 8.34. The molecule has 0 saturated heterocycles. The van der Waals surface area contributed by atoms with Gasteiger partial charge in [0.15, 0.2) is 6.61 Å². The fraction of sp³-hybridized carbons (Fsp3) is 0.440. The SMILES string of the molecule is CC[C@@H](C(=O)NC1CCCC1)N(Cc1c(Cl)cccc1Cl)C(=O)COc1ccc([N+](=O)[O-])c(OC)c1. The molecule has 1 fully saturated rings. The molecule has 2 amide bonds. The van der Waals surface area contributed by atoms with Crippen molar-refractivity contribution in [3.63, 3.8) is 0 Å². The van der Waals surface area contributed by atoms with E-state index in [0.717, 1.165) is 25.7 Å². The van der Waals surface area contributed by atoms with Crippen LogP contribution in [0, 0.1) is 10.1 Å². The summed E-state index contributed by atoms with van der Waals surface area (Å²) in [5, 5.41) is 15.0. The van der Waals surface area contributed by atoms with Gasteiger partial charge in [0.05, 0.1) is 12.0 Å². The summed E-state index contributed by atoms with van der Waals surface area (Å²) < 4.78 is 10.7. The lowest BCUT2D eigenvalue weighted by atomic mass is 10.1. The van der Waals surface area contributed by atoms with Crippen LogP contribution in [0.25, 0.3) is 0 Å². The van der Waals surface area contributed by atoms with Gasteiger partial charge in [-0.25, -0.2) is 0 Å². The summed E-state index contributed by atoms with van der Waals surface area (Å²) in [6.45, 7) is 1.44. The molecular formula is C25H29Cl2N3O6. The van der Waals surface area contributed by atoms with Crippen LogP contribution in [0.2, 0.25) is 10.0 Å². The lowest BCUT2D eigenvalue weighted by molar-refractivity contribution is -0.385. The maximum atomic E-state index is 13.4. The van der Waals surface area contributed by atoms with Crippen molar-refractivity contribution in [2.75, 3.05) is 13.7 Å². The number of hydrogen-bond donors (Lipinski definition) is 1. The molecule has 1 aliphatic carbocycles. The lowest BCUT2D eigenvalue weighted by Crippen LogP contribution is -2.52. The van der Waals surface area contributed by atoms with Crippen LogP contribution in [0.4, 0.5) is 5.69 Å². The zero-order chi connectivity index (χ0) is 26.2. The van der Waals surface area contributed by atoms with Crippen LogP contribution in [-0.2, 0) is 16.1 Å². The molecule has 0 radical (unpaired) electrons. The molecule has 1 aliphatic rings. The van der Waals surface area contributed by atoms with Crippen molar-refractivity contribution in [2.24, 2.45) is 0 Å². The second-order valence-corrected chi connectivity index (χ2v) is 9.33. The monoisotopic (exact) mass is 537 g/mol. The number of nitro benzene ring substituents is 1. The van der Waals surface area contributed by atoms with E-state index < -0.39 is 23.5 Å². The van der Waals surface area contributed by atoms with Gasteiger partial charge >= 0.3 is 5.69 Å². The topological polar surface area (TPSA) is 111 Å². The molecule has 0 unspecified atom stereocenters. The van der Waals surface area contributed by atoms with Crippen LogP contribution in [0.5, 0.6) is 11.5 Å². The van der Waals surface area contributed by atoms with Crippen molar-refractivity contribution in [2.45, 2.75) is 57.7 Å². The average Bonchev–Trinajstić information content (AvgIpc) is 3.36. The Morgan fingerprint density at radius 2 is 1.86 bits per heavy atom. The van der Waals surface area contributed by atoms with E-state index in [1.165, 1.54) is 30.2 Å². The van der Waals surface area contributed by atoms with Gasteiger partial charge < -0.3 is 19.7 Å². The highest BCUT2D eigenvalue weighted by Crippen LogP contribution is 2.31. The summed E-state index contributed by atoms with van der Waals surface area (Å²) in [4.78, 5) is 38.6. The average molecular weight is 538 g/mol. The van der Waals surface area contributed by atoms with E-state index in [4.69, 9.17) is 32.7 Å². The molecule has 1 N–H and O–H groups in total. The number of benzene rings is 2. The molecule has 2 aromatic rings. The second kappa shape index (κ2) is 12.8. The van der Waals surface area contributed by atoms with Gasteiger partial charge in [-0.3, -0.25) is 19.7 Å². The maximum Gasteiger partial charge on any atom is 0.311 e. The van der Waals surface area contributed by atoms with Gasteiger partial charge in [-0.2, -0.15) is 0 Å². The number of halogens is 2. The van der Waals surface area contributed by atoms with Gasteiger partial charge in [0.25, 0.3) is 5.91 Å². The number of amides is 2. The third kappa shape index (κ3) is 6.79. The van der Waals surface area contributed by atoms with Crippen molar-refractivity contribution in [3.05, 3.63) is 62.1 Å². The molecule has 36 heavy (non-hydrogen) atoms. The quantitative estimate of drug-likeness (QED) is 0.313. The number of hydrogen-bond acceptors (Lipinski definition) is 6. The number of rotatable bonds is 11. The molecule has 0 spiro atoms. The summed E-state index contributed by atoms with van der Waals surface area (Å²) in [6.07, 6.45) is 4.32. The highest BCUT2D eigenvalue weighted by atomic mass is 35.5. The number of methoxy groups -OCH3 is 1. The van der Waals surface area contributed by atoms with Crippen molar-refractivity contribution in [1.82, 2.24) is 10.2 Å². The fourth-order valence-corrected chi connectivity index (χ4v) is 4.78. The Kier molecular flexibility index (Phi) is 9.78. The van der Waals surface area contributed by atoms with E-state index in [0.29, 0.717) is 22.0 Å². The Morgan fingerprint density at radius 1 is 1.19 bits per heavy atom. The Hall–Kier alpha value is -3.04. The van der Waals surface area contributed by atoms with Crippen LogP contribution in [0.3, 0.4) is 0 Å². The Labute approximate surface area is 219 Å². The third-order valence-corrected chi connectivity index (χ3v) is 6.90. The molecular weight excluding hydrogens is 509 g/mol. The van der Waals surface area contributed by atoms with E-state index in [9.17, 15) is 19.7 Å². The first-order chi connectivity index (χ1) is 17.2. The molecule has 0 bridgehead atoms. The lowest BCUT2D eigenvalue weighted by Gasteiger charge is -2.32. The first kappa shape index (κ1) is 27.5. The summed E-state index contributed by atoms with van der Waals surface area (Å²) in [5.41, 5.74) is 0.305. The molecule has 11 heteroatoms. The predicted molar refractivity (Wildman–Crippen MR) is 137 cm³/mol. The van der Waals surface area contributed by atoms with Crippen LogP contribution < -0.4 is 14.8 Å². The Bertz CT molecular complexity index is 1090. The Balaban J connectivity index is 1.83. The van der Waals surface area contributed by atoms with Crippen LogP contribution in [0.1, 0.15) is 44.6 Å². The standard InChI is InChI=1S/C25H29Cl2N3O6/c1-3-21(25(32)28-16-7-4-5-8-16)29(14-18-19(26)9-6-10-20(18)27)24(31)15-36-17-11-12-22(30(33)34)23(13-17)35-2/h6,9-13,16,21H,3-5,7-8,14-15H2,1-2H3,(H,28,32)/t21-/m0/s1. The Morgan fingerprint density at radius 3 is 2.44 bits per heavy atom. The number of nitrogens with zero attached hydrogens (tertiary/aromatic N) is 2. The number of carbonyl (C=O) groups excluding carboxylic acids is 2. The molecule has 2 aromatic carbocycles. The van der Waals surface area contributed by atoms with E-state index in [2.05, 4.69) is 5.32 Å². The molecule has 1 saturated carbocycles. The molecule has 0 aromatic heterocycles. The first-order valence-corrected chi connectivity index (χ1v) is 12.5. The maximum absolute atomic E-state index is 13.4. The highest BCUT2D eigenvalue weighted by Gasteiger charge is 2.32. The minimum Gasteiger partial charge on any atom is -0.490 e. The normalized spacial score (nSPS) is 14.2. The fourth-order valence-electron chi connectivity index (χ4n) is 4.27. The van der Waals surface area contributed by atoms with Crippen LogP contribution >= 0.6 is 23.2 Å². The third-order valence-electron chi connectivity index (χ3n) is 6.19. The van der Waals surface area contributed by atoms with Crippen molar-refractivity contribution >= 4 is 40.7 Å². The van der Waals surface area contributed by atoms with E-state index in [-0.39, 0.29) is 35.7 Å². The van der Waals surface area contributed by atoms with Crippen molar-refractivity contribution < 1.29 is 24.0 Å². The molecule has 0 heterocycles. The first-order valence-electron chi connectivity index (χ1n) is 11.7. The molecule has 9 nitrogen and oxygen atoms in total. The zero-order valence-corrected chi connectivity index (χ0v) is 21.7. The van der Waals surface area contributed by atoms with Crippen molar-refractivity contribution in [3.8, 4) is 11.5 Å². The summed E-state index contributed by atoms with van der Waals surface area (Å²) in [5.74, 6) is -0.480. The van der Waals surface area contributed by atoms with Gasteiger partial charge in [-0.1, -0.05) is 49.0 Å². The van der Waals surface area contributed by atoms with Crippen LogP contribution in [0.15, 0.2) is 36.4 Å². The van der Waals surface area contributed by atoms with Gasteiger partial charge in [-0.15, -0.1) is 0 Å². The smallest absolute Gasteiger partial charge is 0.311 e. The molecule has 1 atom stereocenters. The number of nitrogens with one attached hydrogen (secondary N) is 1. The number of nitro groups is 1. The van der Waals surface area contributed by atoms with Gasteiger partial charge in [-0.05, 0) is 37.5 Å². The number of ether oxygens (including phenoxy) is 2. The van der Waals surface area contributed by atoms with E-state index >= 15 is 0 Å². The van der Waals surface area contributed by atoms with Crippen LogP contribution in [-0.4, -0.2) is 47.4 Å². The molecule has 3 rings (SSSR count). The van der Waals surface area contributed by atoms with Crippen molar-refractivity contribution in [1.29, 1.82) is 0 Å². The molecule has 194 valence electrons. The minimum atomic E-state index is -0.763. The minimum absolute atomic E-state index is 0.00651. The second-order valence-electron chi connectivity index (χ2n) is 8.52. The van der Waals surface area contributed by atoms with E-state index in [1.807, 2.05) is 6.92 Å². The van der Waals surface area contributed by atoms with E-state index in [1.54, 1.807) is 18.2 Å². The van der Waals surface area contributed by atoms with Gasteiger partial charge in [0.1, 0.15) is 11.8 Å². The summed E-state index contributed by atoms with van der Waals surface area (Å²) in [7, 11) is 1.31. The van der Waals surface area contributed by atoms with Gasteiger partial charge in [0, 0.05) is 40.3 Å². The largest absolute Gasteiger partial charge is 0.490 e. The highest BCUT2D eigenvalue weighted by molar-refractivity contribution is 6.36. The number of carbonyl (C=O) groups is 2.